The average molecular weight is 306 g/mol. The van der Waals surface area contributed by atoms with Crippen LogP contribution in [0.5, 0.6) is 0 Å². The van der Waals surface area contributed by atoms with Crippen LogP contribution in [0.25, 0.3) is 11.0 Å². The molecule has 1 heterocycles. The van der Waals surface area contributed by atoms with E-state index < -0.39 is 0 Å². The van der Waals surface area contributed by atoms with Gasteiger partial charge < -0.3 is 4.57 Å². The second kappa shape index (κ2) is 6.44. The number of amides is 1. The van der Waals surface area contributed by atoms with E-state index in [0.29, 0.717) is 0 Å². The third kappa shape index (κ3) is 3.45. The lowest BCUT2D eigenvalue weighted by Crippen LogP contribution is -2.23. The fraction of sp³-hybridized carbons (Fsp3) is 0.167. The van der Waals surface area contributed by atoms with Gasteiger partial charge in [-0.2, -0.15) is 5.10 Å². The topological polar surface area (TPSA) is 59.3 Å². The molecule has 0 saturated carbocycles. The molecule has 0 aliphatic rings. The number of para-hydroxylation sites is 2. The number of nitrogens with one attached hydrogen (secondary N) is 1. The van der Waals surface area contributed by atoms with Crippen LogP contribution >= 0.6 is 0 Å². The van der Waals surface area contributed by atoms with Crippen molar-refractivity contribution < 1.29 is 4.79 Å². The van der Waals surface area contributed by atoms with Gasteiger partial charge in [0.2, 0.25) is 0 Å². The smallest absolute Gasteiger partial charge is 0.260 e. The molecule has 3 rings (SSSR count). The van der Waals surface area contributed by atoms with Gasteiger partial charge in [-0.25, -0.2) is 10.4 Å². The highest BCUT2D eigenvalue weighted by Gasteiger charge is 2.09. The minimum absolute atomic E-state index is 0.181. The molecule has 0 spiro atoms. The summed E-state index contributed by atoms with van der Waals surface area (Å²) < 4.78 is 1.88. The van der Waals surface area contributed by atoms with Crippen LogP contribution in [0.4, 0.5) is 0 Å². The molecule has 2 aromatic carbocycles. The van der Waals surface area contributed by atoms with Gasteiger partial charge in [0.05, 0.1) is 17.2 Å². The third-order valence-electron chi connectivity index (χ3n) is 3.63. The monoisotopic (exact) mass is 306 g/mol. The molecule has 0 bridgehead atoms. The van der Waals surface area contributed by atoms with Crippen molar-refractivity contribution in [1.29, 1.82) is 0 Å². The molecule has 0 atom stereocenters. The van der Waals surface area contributed by atoms with Crippen molar-refractivity contribution in [3.8, 4) is 0 Å². The Morgan fingerprint density at radius 3 is 2.70 bits per heavy atom. The summed E-state index contributed by atoms with van der Waals surface area (Å²) in [4.78, 5) is 16.5. The Kier molecular flexibility index (Phi) is 4.19. The number of hydrogen-bond acceptors (Lipinski definition) is 3. The number of carbonyl (C=O) groups excluding carboxylic acids is 1. The SMILES string of the molecule is Cc1ccc(/C=N\NC(=O)Cn2c(C)nc3ccccc32)cc1. The van der Waals surface area contributed by atoms with Crippen molar-refractivity contribution in [3.05, 3.63) is 65.5 Å². The number of hydrogen-bond donors (Lipinski definition) is 1. The van der Waals surface area contributed by atoms with E-state index in [0.717, 1.165) is 22.4 Å². The second-order valence-corrected chi connectivity index (χ2v) is 5.44. The normalized spacial score (nSPS) is 11.2. The third-order valence-corrected chi connectivity index (χ3v) is 3.63. The van der Waals surface area contributed by atoms with Crippen LogP contribution in [0.2, 0.25) is 0 Å². The van der Waals surface area contributed by atoms with Gasteiger partial charge in [-0.1, -0.05) is 42.0 Å². The van der Waals surface area contributed by atoms with Crippen molar-refractivity contribution in [2.24, 2.45) is 5.10 Å². The van der Waals surface area contributed by atoms with Gasteiger partial charge in [0.25, 0.3) is 5.91 Å². The molecule has 0 aliphatic heterocycles. The summed E-state index contributed by atoms with van der Waals surface area (Å²) >= 11 is 0. The number of imidazole rings is 1. The van der Waals surface area contributed by atoms with Gasteiger partial charge in [-0.05, 0) is 31.5 Å². The van der Waals surface area contributed by atoms with Gasteiger partial charge in [0, 0.05) is 0 Å². The molecular weight excluding hydrogens is 288 g/mol. The average Bonchev–Trinajstić information content (AvgIpc) is 2.85. The summed E-state index contributed by atoms with van der Waals surface area (Å²) in [7, 11) is 0. The molecule has 116 valence electrons. The Balaban J connectivity index is 1.67. The maximum atomic E-state index is 12.1. The van der Waals surface area contributed by atoms with Crippen molar-refractivity contribution in [2.45, 2.75) is 20.4 Å². The molecule has 0 aliphatic carbocycles. The molecule has 0 radical (unpaired) electrons. The van der Waals surface area contributed by atoms with Gasteiger partial charge in [0.1, 0.15) is 12.4 Å². The summed E-state index contributed by atoms with van der Waals surface area (Å²) in [5, 5.41) is 4.00. The predicted octanol–water partition coefficient (Wildman–Crippen LogP) is 2.80. The molecule has 0 fully saturated rings. The van der Waals surface area contributed by atoms with Crippen LogP contribution in [-0.2, 0) is 11.3 Å². The molecule has 23 heavy (non-hydrogen) atoms. The standard InChI is InChI=1S/C18H18N4O/c1-13-7-9-15(10-8-13)11-19-21-18(23)12-22-14(2)20-16-5-3-4-6-17(16)22/h3-11H,12H2,1-2H3,(H,21,23)/b19-11-. The first-order valence-corrected chi connectivity index (χ1v) is 7.44. The van der Waals surface area contributed by atoms with E-state index in [4.69, 9.17) is 0 Å². The van der Waals surface area contributed by atoms with E-state index in [9.17, 15) is 4.79 Å². The quantitative estimate of drug-likeness (QED) is 0.595. The van der Waals surface area contributed by atoms with Gasteiger partial charge in [-0.3, -0.25) is 4.79 Å². The van der Waals surface area contributed by atoms with Gasteiger partial charge in [0.15, 0.2) is 0 Å². The first-order chi connectivity index (χ1) is 11.1. The zero-order chi connectivity index (χ0) is 16.2. The maximum Gasteiger partial charge on any atom is 0.260 e. The molecule has 3 aromatic rings. The van der Waals surface area contributed by atoms with Gasteiger partial charge in [-0.15, -0.1) is 0 Å². The van der Waals surface area contributed by atoms with Gasteiger partial charge >= 0.3 is 0 Å². The van der Waals surface area contributed by atoms with Crippen molar-refractivity contribution >= 4 is 23.2 Å². The largest absolute Gasteiger partial charge is 0.319 e. The number of carbonyl (C=O) groups is 1. The van der Waals surface area contributed by atoms with Crippen LogP contribution in [0.15, 0.2) is 53.6 Å². The fourth-order valence-corrected chi connectivity index (χ4v) is 2.41. The van der Waals surface area contributed by atoms with E-state index in [2.05, 4.69) is 15.5 Å². The first kappa shape index (κ1) is 15.0. The molecular formula is C18H18N4O. The minimum atomic E-state index is -0.181. The number of hydrazone groups is 1. The zero-order valence-electron chi connectivity index (χ0n) is 13.2. The summed E-state index contributed by atoms with van der Waals surface area (Å²) in [6.07, 6.45) is 1.64. The summed E-state index contributed by atoms with van der Waals surface area (Å²) in [5.74, 6) is 0.628. The Hall–Kier alpha value is -2.95. The van der Waals surface area contributed by atoms with E-state index in [1.54, 1.807) is 6.21 Å². The molecule has 0 unspecified atom stereocenters. The first-order valence-electron chi connectivity index (χ1n) is 7.44. The van der Waals surface area contributed by atoms with E-state index >= 15 is 0 Å². The summed E-state index contributed by atoms with van der Waals surface area (Å²) in [5.41, 5.74) is 6.53. The van der Waals surface area contributed by atoms with Crippen LogP contribution < -0.4 is 5.43 Å². The van der Waals surface area contributed by atoms with Crippen LogP contribution in [0.1, 0.15) is 17.0 Å². The van der Waals surface area contributed by atoms with Crippen LogP contribution in [-0.4, -0.2) is 21.7 Å². The predicted molar refractivity (Wildman–Crippen MR) is 91.4 cm³/mol. The lowest BCUT2D eigenvalue weighted by Gasteiger charge is -2.05. The molecule has 1 amide bonds. The van der Waals surface area contributed by atoms with Crippen LogP contribution in [0, 0.1) is 13.8 Å². The van der Waals surface area contributed by atoms with E-state index in [1.165, 1.54) is 5.56 Å². The number of benzene rings is 2. The molecule has 1 aromatic heterocycles. The number of aromatic nitrogens is 2. The maximum absolute atomic E-state index is 12.1. The summed E-state index contributed by atoms with van der Waals surface area (Å²) in [6, 6.07) is 15.7. The number of aryl methyl sites for hydroxylation is 2. The highest BCUT2D eigenvalue weighted by atomic mass is 16.2. The lowest BCUT2D eigenvalue weighted by atomic mass is 10.2. The second-order valence-electron chi connectivity index (χ2n) is 5.44. The highest BCUT2D eigenvalue weighted by Crippen LogP contribution is 2.14. The van der Waals surface area contributed by atoms with Crippen molar-refractivity contribution in [1.82, 2.24) is 15.0 Å². The minimum Gasteiger partial charge on any atom is -0.319 e. The van der Waals surface area contributed by atoms with E-state index in [-0.39, 0.29) is 12.5 Å². The molecule has 5 nitrogen and oxygen atoms in total. The highest BCUT2D eigenvalue weighted by molar-refractivity contribution is 5.83. The Labute approximate surface area is 134 Å². The van der Waals surface area contributed by atoms with Crippen molar-refractivity contribution in [2.75, 3.05) is 0 Å². The van der Waals surface area contributed by atoms with Crippen LogP contribution in [0.3, 0.4) is 0 Å². The van der Waals surface area contributed by atoms with E-state index in [1.807, 2.05) is 66.9 Å². The Morgan fingerprint density at radius 2 is 1.91 bits per heavy atom. The molecule has 1 N–H and O–H groups in total. The number of fused-ring (bicyclic) bond motifs is 1. The summed E-state index contributed by atoms with van der Waals surface area (Å²) in [6.45, 7) is 4.11. The number of rotatable bonds is 4. The lowest BCUT2D eigenvalue weighted by molar-refractivity contribution is -0.121. The van der Waals surface area contributed by atoms with Crippen molar-refractivity contribution in [3.63, 3.8) is 0 Å². The Morgan fingerprint density at radius 1 is 1.17 bits per heavy atom. The molecule has 5 heteroatoms. The number of nitrogens with zero attached hydrogens (tertiary/aromatic N) is 3. The zero-order valence-corrected chi connectivity index (χ0v) is 13.2. The Bertz CT molecular complexity index is 862. The molecule has 0 saturated heterocycles. The fourth-order valence-electron chi connectivity index (χ4n) is 2.41.